The van der Waals surface area contributed by atoms with E-state index >= 15 is 0 Å². The molecule has 198 valence electrons. The zero-order valence-electron chi connectivity index (χ0n) is 20.3. The number of anilines is 1. The smallest absolute Gasteiger partial charge is 0.381 e. The normalized spacial score (nSPS) is 15.4. The molecule has 12 heteroatoms. The van der Waals surface area contributed by atoms with Gasteiger partial charge in [0.05, 0.1) is 23.3 Å². The Morgan fingerprint density at radius 2 is 1.89 bits per heavy atom. The van der Waals surface area contributed by atoms with Gasteiger partial charge in [-0.05, 0) is 42.7 Å². The number of nitrogens with zero attached hydrogens (tertiary/aromatic N) is 4. The molecule has 3 heterocycles. The van der Waals surface area contributed by atoms with Gasteiger partial charge >= 0.3 is 6.18 Å². The SMILES string of the molecule is Cn1cc(C(NC(=O)c2ccc3cnc(NC4CCOCC4)nc3c2)c2ccc(C(F)(F)F)c(F)c2)cn1. The average Bonchev–Trinajstić information content (AvgIpc) is 3.32. The molecular formula is C26H24F4N6O2. The molecule has 1 fully saturated rings. The van der Waals surface area contributed by atoms with Gasteiger partial charge < -0.3 is 15.4 Å². The van der Waals surface area contributed by atoms with E-state index in [1.165, 1.54) is 10.9 Å². The fourth-order valence-corrected chi connectivity index (χ4v) is 4.36. The minimum Gasteiger partial charge on any atom is -0.381 e. The number of hydrogen-bond acceptors (Lipinski definition) is 6. The monoisotopic (exact) mass is 528 g/mol. The molecule has 1 aliphatic heterocycles. The molecule has 2 aromatic carbocycles. The zero-order valence-corrected chi connectivity index (χ0v) is 20.3. The third kappa shape index (κ3) is 5.59. The molecule has 1 saturated heterocycles. The Morgan fingerprint density at radius 1 is 1.11 bits per heavy atom. The van der Waals surface area contributed by atoms with Gasteiger partial charge in [0.15, 0.2) is 0 Å². The van der Waals surface area contributed by atoms with E-state index in [1.54, 1.807) is 37.6 Å². The van der Waals surface area contributed by atoms with Crippen LogP contribution in [0, 0.1) is 5.82 Å². The van der Waals surface area contributed by atoms with E-state index in [0.717, 1.165) is 30.4 Å². The van der Waals surface area contributed by atoms with E-state index in [4.69, 9.17) is 4.74 Å². The summed E-state index contributed by atoms with van der Waals surface area (Å²) in [5.74, 6) is -1.50. The van der Waals surface area contributed by atoms with E-state index < -0.39 is 29.5 Å². The predicted molar refractivity (Wildman–Crippen MR) is 131 cm³/mol. The van der Waals surface area contributed by atoms with E-state index in [2.05, 4.69) is 25.7 Å². The van der Waals surface area contributed by atoms with Crippen LogP contribution in [-0.4, -0.2) is 44.9 Å². The zero-order chi connectivity index (χ0) is 26.9. The average molecular weight is 529 g/mol. The molecule has 4 aromatic rings. The lowest BCUT2D eigenvalue weighted by Gasteiger charge is -2.23. The molecule has 2 aromatic heterocycles. The fourth-order valence-electron chi connectivity index (χ4n) is 4.36. The Hall–Kier alpha value is -4.06. The Bertz CT molecular complexity index is 1470. The molecule has 1 atom stereocenters. The van der Waals surface area contributed by atoms with E-state index in [0.29, 0.717) is 36.3 Å². The minimum atomic E-state index is -4.83. The number of ether oxygens (including phenoxy) is 1. The summed E-state index contributed by atoms with van der Waals surface area (Å²) in [5, 5.41) is 10.9. The second-order valence-corrected chi connectivity index (χ2v) is 9.09. The lowest BCUT2D eigenvalue weighted by molar-refractivity contribution is -0.140. The topological polar surface area (TPSA) is 94.0 Å². The molecule has 2 N–H and O–H groups in total. The summed E-state index contributed by atoms with van der Waals surface area (Å²) in [4.78, 5) is 22.2. The number of amides is 1. The van der Waals surface area contributed by atoms with Crippen LogP contribution in [-0.2, 0) is 18.0 Å². The van der Waals surface area contributed by atoms with Gasteiger partial charge in [-0.2, -0.15) is 18.3 Å². The van der Waals surface area contributed by atoms with Crippen molar-refractivity contribution < 1.29 is 27.1 Å². The molecule has 0 aliphatic carbocycles. The molecule has 5 rings (SSSR count). The first-order valence-electron chi connectivity index (χ1n) is 11.9. The number of rotatable bonds is 6. The third-order valence-corrected chi connectivity index (χ3v) is 6.36. The van der Waals surface area contributed by atoms with Crippen LogP contribution in [0.1, 0.15) is 45.9 Å². The second kappa shape index (κ2) is 10.4. The van der Waals surface area contributed by atoms with Crippen molar-refractivity contribution in [3.63, 3.8) is 0 Å². The predicted octanol–water partition coefficient (Wildman–Crippen LogP) is 4.63. The summed E-state index contributed by atoms with van der Waals surface area (Å²) < 4.78 is 60.5. The van der Waals surface area contributed by atoms with Crippen LogP contribution in [0.4, 0.5) is 23.5 Å². The highest BCUT2D eigenvalue weighted by Gasteiger charge is 2.34. The van der Waals surface area contributed by atoms with Gasteiger partial charge in [-0.1, -0.05) is 12.1 Å². The van der Waals surface area contributed by atoms with Crippen molar-refractivity contribution in [3.8, 4) is 0 Å². The van der Waals surface area contributed by atoms with Crippen molar-refractivity contribution in [2.75, 3.05) is 18.5 Å². The van der Waals surface area contributed by atoms with Crippen LogP contribution in [0.2, 0.25) is 0 Å². The van der Waals surface area contributed by atoms with Gasteiger partial charge in [-0.25, -0.2) is 14.4 Å². The van der Waals surface area contributed by atoms with Crippen molar-refractivity contribution in [1.29, 1.82) is 0 Å². The number of alkyl halides is 3. The Morgan fingerprint density at radius 3 is 2.58 bits per heavy atom. The van der Waals surface area contributed by atoms with E-state index in [1.807, 2.05) is 0 Å². The third-order valence-electron chi connectivity index (χ3n) is 6.36. The quantitative estimate of drug-likeness (QED) is 0.355. The van der Waals surface area contributed by atoms with Crippen LogP contribution in [0.5, 0.6) is 0 Å². The first-order chi connectivity index (χ1) is 18.2. The molecule has 1 amide bonds. The number of fused-ring (bicyclic) bond motifs is 1. The lowest BCUT2D eigenvalue weighted by atomic mass is 9.99. The van der Waals surface area contributed by atoms with Crippen molar-refractivity contribution in [1.82, 2.24) is 25.1 Å². The van der Waals surface area contributed by atoms with Gasteiger partial charge in [0.2, 0.25) is 5.95 Å². The van der Waals surface area contributed by atoms with Gasteiger partial charge in [0, 0.05) is 55.2 Å². The maximum absolute atomic E-state index is 14.4. The number of aromatic nitrogens is 4. The Kier molecular flexibility index (Phi) is 6.98. The number of hydrogen-bond donors (Lipinski definition) is 2. The molecule has 0 radical (unpaired) electrons. The number of aryl methyl sites for hydroxylation is 1. The van der Waals surface area contributed by atoms with Gasteiger partial charge in [0.25, 0.3) is 5.91 Å². The summed E-state index contributed by atoms with van der Waals surface area (Å²) in [6.45, 7) is 1.33. The Labute approximate surface area is 215 Å². The van der Waals surface area contributed by atoms with Crippen molar-refractivity contribution in [3.05, 3.63) is 83.1 Å². The minimum absolute atomic E-state index is 0.142. The van der Waals surface area contributed by atoms with E-state index in [9.17, 15) is 22.4 Å². The highest BCUT2D eigenvalue weighted by atomic mass is 19.4. The van der Waals surface area contributed by atoms with Gasteiger partial charge in [-0.3, -0.25) is 9.48 Å². The molecule has 0 saturated carbocycles. The highest BCUT2D eigenvalue weighted by Crippen LogP contribution is 2.33. The molecule has 1 unspecified atom stereocenters. The largest absolute Gasteiger partial charge is 0.419 e. The molecule has 0 bridgehead atoms. The van der Waals surface area contributed by atoms with Crippen LogP contribution in [0.15, 0.2) is 55.0 Å². The molecular weight excluding hydrogens is 504 g/mol. The number of carbonyl (C=O) groups excluding carboxylic acids is 1. The van der Waals surface area contributed by atoms with Gasteiger partial charge in [-0.15, -0.1) is 0 Å². The standard InChI is InChI=1S/C26H24F4N6O2/c1-36-14-18(13-32-36)23(15-4-5-20(21(27)10-15)26(28,29)30)35-24(37)16-2-3-17-12-31-25(34-22(17)11-16)33-19-6-8-38-9-7-19/h2-5,10-14,19,23H,6-9H2,1H3,(H,35,37)(H,31,33,34). The molecule has 8 nitrogen and oxygen atoms in total. The van der Waals surface area contributed by atoms with Crippen molar-refractivity contribution in [2.45, 2.75) is 31.1 Å². The van der Waals surface area contributed by atoms with Crippen LogP contribution >= 0.6 is 0 Å². The highest BCUT2D eigenvalue weighted by molar-refractivity contribution is 5.98. The maximum atomic E-state index is 14.4. The second-order valence-electron chi connectivity index (χ2n) is 9.09. The number of nitrogens with one attached hydrogen (secondary N) is 2. The summed E-state index contributed by atoms with van der Waals surface area (Å²) in [6.07, 6.45) is 1.56. The Balaban J connectivity index is 1.42. The van der Waals surface area contributed by atoms with Crippen molar-refractivity contribution in [2.24, 2.45) is 7.05 Å². The van der Waals surface area contributed by atoms with Crippen LogP contribution in [0.3, 0.4) is 0 Å². The van der Waals surface area contributed by atoms with Crippen LogP contribution < -0.4 is 10.6 Å². The number of benzene rings is 2. The number of halogens is 4. The van der Waals surface area contributed by atoms with Gasteiger partial charge in [0.1, 0.15) is 5.82 Å². The summed E-state index contributed by atoms with van der Waals surface area (Å²) in [6, 6.07) is 6.75. The first-order valence-corrected chi connectivity index (χ1v) is 11.9. The summed E-state index contributed by atoms with van der Waals surface area (Å²) in [5.41, 5.74) is 0.0566. The molecule has 1 aliphatic rings. The van der Waals surface area contributed by atoms with Crippen molar-refractivity contribution >= 4 is 22.8 Å². The maximum Gasteiger partial charge on any atom is 0.419 e. The summed E-state index contributed by atoms with van der Waals surface area (Å²) >= 11 is 0. The lowest BCUT2D eigenvalue weighted by Crippen LogP contribution is -2.29. The van der Waals surface area contributed by atoms with Crippen LogP contribution in [0.25, 0.3) is 10.9 Å². The number of carbonyl (C=O) groups is 1. The van der Waals surface area contributed by atoms with E-state index in [-0.39, 0.29) is 17.2 Å². The molecule has 38 heavy (non-hydrogen) atoms. The fraction of sp³-hybridized carbons (Fsp3) is 0.308. The molecule has 0 spiro atoms. The summed E-state index contributed by atoms with van der Waals surface area (Å²) in [7, 11) is 1.66. The first kappa shape index (κ1) is 25.6.